The molecule has 18 heavy (non-hydrogen) atoms. The van der Waals surface area contributed by atoms with Crippen LogP contribution in [0.4, 0.5) is 0 Å². The van der Waals surface area contributed by atoms with E-state index in [0.717, 1.165) is 25.3 Å². The predicted molar refractivity (Wildman–Crippen MR) is 70.4 cm³/mol. The highest BCUT2D eigenvalue weighted by molar-refractivity contribution is 5.10. The third-order valence-electron chi connectivity index (χ3n) is 4.65. The van der Waals surface area contributed by atoms with Gasteiger partial charge in [-0.2, -0.15) is 0 Å². The standard InChI is InChI=1S/C15H23NO2/c1-15(2)13(12-6-4-10-18-14(12)15)16-8-7-11-5-3-9-17-11/h3,5,9,12-14,16H,4,6-8,10H2,1-2H3. The molecule has 3 heteroatoms. The van der Waals surface area contributed by atoms with Crippen molar-refractivity contribution in [2.75, 3.05) is 13.2 Å². The quantitative estimate of drug-likeness (QED) is 0.890. The zero-order valence-corrected chi connectivity index (χ0v) is 11.3. The molecule has 0 aromatic carbocycles. The molecule has 2 fully saturated rings. The SMILES string of the molecule is CC1(C)C(NCCc2ccco2)C2CCCOC21. The molecule has 3 unspecified atom stereocenters. The molecule has 2 aliphatic rings. The molecule has 1 aromatic heterocycles. The summed E-state index contributed by atoms with van der Waals surface area (Å²) in [5.74, 6) is 1.78. The zero-order chi connectivity index (χ0) is 12.6. The van der Waals surface area contributed by atoms with Gasteiger partial charge in [0.1, 0.15) is 5.76 Å². The number of nitrogens with one attached hydrogen (secondary N) is 1. The highest BCUT2D eigenvalue weighted by Crippen LogP contribution is 2.51. The first kappa shape index (κ1) is 12.2. The van der Waals surface area contributed by atoms with Crippen molar-refractivity contribution in [3.63, 3.8) is 0 Å². The van der Waals surface area contributed by atoms with Crippen LogP contribution in [0.3, 0.4) is 0 Å². The van der Waals surface area contributed by atoms with Crippen molar-refractivity contribution < 1.29 is 9.15 Å². The first-order valence-electron chi connectivity index (χ1n) is 7.07. The van der Waals surface area contributed by atoms with Gasteiger partial charge in [-0.1, -0.05) is 13.8 Å². The number of hydrogen-bond donors (Lipinski definition) is 1. The lowest BCUT2D eigenvalue weighted by Gasteiger charge is -2.60. The van der Waals surface area contributed by atoms with Gasteiger partial charge in [0.2, 0.25) is 0 Å². The molecule has 100 valence electrons. The second-order valence-corrected chi connectivity index (χ2v) is 6.18. The Hall–Kier alpha value is -0.800. The zero-order valence-electron chi connectivity index (χ0n) is 11.3. The number of fused-ring (bicyclic) bond motifs is 1. The molecule has 1 saturated heterocycles. The van der Waals surface area contributed by atoms with Crippen LogP contribution >= 0.6 is 0 Å². The van der Waals surface area contributed by atoms with Crippen LogP contribution in [-0.4, -0.2) is 25.3 Å². The Balaban J connectivity index is 1.53. The summed E-state index contributed by atoms with van der Waals surface area (Å²) in [5, 5.41) is 3.71. The largest absolute Gasteiger partial charge is 0.469 e. The van der Waals surface area contributed by atoms with E-state index in [4.69, 9.17) is 9.15 Å². The third kappa shape index (κ3) is 1.99. The Bertz CT molecular complexity index is 385. The van der Waals surface area contributed by atoms with E-state index in [1.54, 1.807) is 6.26 Å². The molecule has 3 nitrogen and oxygen atoms in total. The summed E-state index contributed by atoms with van der Waals surface area (Å²) >= 11 is 0. The van der Waals surface area contributed by atoms with Crippen molar-refractivity contribution in [1.82, 2.24) is 5.32 Å². The topological polar surface area (TPSA) is 34.4 Å². The summed E-state index contributed by atoms with van der Waals surface area (Å²) in [7, 11) is 0. The van der Waals surface area contributed by atoms with Crippen LogP contribution in [0.15, 0.2) is 22.8 Å². The van der Waals surface area contributed by atoms with E-state index in [0.29, 0.717) is 18.1 Å². The van der Waals surface area contributed by atoms with Crippen molar-refractivity contribution in [3.05, 3.63) is 24.2 Å². The minimum absolute atomic E-state index is 0.272. The summed E-state index contributed by atoms with van der Waals surface area (Å²) in [5.41, 5.74) is 0.272. The van der Waals surface area contributed by atoms with Crippen molar-refractivity contribution in [2.24, 2.45) is 11.3 Å². The molecule has 1 N–H and O–H groups in total. The lowest BCUT2D eigenvalue weighted by Crippen LogP contribution is -2.69. The molecule has 0 radical (unpaired) electrons. The highest BCUT2D eigenvalue weighted by atomic mass is 16.5. The van der Waals surface area contributed by atoms with Gasteiger partial charge in [-0.25, -0.2) is 0 Å². The lowest BCUT2D eigenvalue weighted by atomic mass is 9.55. The van der Waals surface area contributed by atoms with Gasteiger partial charge in [-0.15, -0.1) is 0 Å². The van der Waals surface area contributed by atoms with Gasteiger partial charge in [-0.05, 0) is 25.0 Å². The molecule has 1 aliphatic carbocycles. The van der Waals surface area contributed by atoms with E-state index >= 15 is 0 Å². The summed E-state index contributed by atoms with van der Waals surface area (Å²) in [6, 6.07) is 4.59. The Morgan fingerprint density at radius 3 is 3.11 bits per heavy atom. The number of ether oxygens (including phenoxy) is 1. The van der Waals surface area contributed by atoms with Crippen LogP contribution in [0.2, 0.25) is 0 Å². The van der Waals surface area contributed by atoms with Crippen LogP contribution < -0.4 is 5.32 Å². The Kier molecular flexibility index (Phi) is 3.20. The van der Waals surface area contributed by atoms with Crippen molar-refractivity contribution in [2.45, 2.75) is 45.3 Å². The Morgan fingerprint density at radius 1 is 1.44 bits per heavy atom. The summed E-state index contributed by atoms with van der Waals surface area (Å²) < 4.78 is 11.3. The molecule has 0 amide bonds. The van der Waals surface area contributed by atoms with Crippen LogP contribution in [0.25, 0.3) is 0 Å². The predicted octanol–water partition coefficient (Wildman–Crippen LogP) is 2.62. The third-order valence-corrected chi connectivity index (χ3v) is 4.65. The maximum absolute atomic E-state index is 5.92. The molecule has 1 aliphatic heterocycles. The van der Waals surface area contributed by atoms with Crippen LogP contribution in [-0.2, 0) is 11.2 Å². The second kappa shape index (κ2) is 4.71. The van der Waals surface area contributed by atoms with Crippen molar-refractivity contribution >= 4 is 0 Å². The fourth-order valence-electron chi connectivity index (χ4n) is 3.74. The van der Waals surface area contributed by atoms with Crippen LogP contribution in [0.1, 0.15) is 32.4 Å². The van der Waals surface area contributed by atoms with Gasteiger partial charge < -0.3 is 14.5 Å². The number of furan rings is 1. The van der Waals surface area contributed by atoms with Gasteiger partial charge in [0.05, 0.1) is 12.4 Å². The molecule has 1 saturated carbocycles. The van der Waals surface area contributed by atoms with Gasteiger partial charge in [0.15, 0.2) is 0 Å². The molecule has 0 bridgehead atoms. The molecule has 3 atom stereocenters. The van der Waals surface area contributed by atoms with Crippen LogP contribution in [0.5, 0.6) is 0 Å². The maximum Gasteiger partial charge on any atom is 0.105 e. The molecular formula is C15H23NO2. The van der Waals surface area contributed by atoms with E-state index in [2.05, 4.69) is 19.2 Å². The van der Waals surface area contributed by atoms with Gasteiger partial charge in [0.25, 0.3) is 0 Å². The fraction of sp³-hybridized carbons (Fsp3) is 0.733. The monoisotopic (exact) mass is 249 g/mol. The van der Waals surface area contributed by atoms with E-state index in [9.17, 15) is 0 Å². The first-order valence-corrected chi connectivity index (χ1v) is 7.07. The van der Waals surface area contributed by atoms with Crippen molar-refractivity contribution in [1.29, 1.82) is 0 Å². The summed E-state index contributed by atoms with van der Waals surface area (Å²) in [6.45, 7) is 6.59. The minimum Gasteiger partial charge on any atom is -0.469 e. The summed E-state index contributed by atoms with van der Waals surface area (Å²) in [6.07, 6.45) is 5.71. The highest BCUT2D eigenvalue weighted by Gasteiger charge is 2.57. The molecule has 1 aromatic rings. The molecular weight excluding hydrogens is 226 g/mol. The Labute approximate surface area is 109 Å². The minimum atomic E-state index is 0.272. The van der Waals surface area contributed by atoms with Crippen molar-refractivity contribution in [3.8, 4) is 0 Å². The molecule has 3 rings (SSSR count). The second-order valence-electron chi connectivity index (χ2n) is 6.18. The molecule has 2 heterocycles. The van der Waals surface area contributed by atoms with Gasteiger partial charge in [0, 0.05) is 36.9 Å². The fourth-order valence-corrected chi connectivity index (χ4v) is 3.74. The van der Waals surface area contributed by atoms with E-state index in [-0.39, 0.29) is 5.41 Å². The number of rotatable bonds is 4. The maximum atomic E-state index is 5.92. The average molecular weight is 249 g/mol. The first-order chi connectivity index (χ1) is 8.69. The van der Waals surface area contributed by atoms with Crippen LogP contribution in [0, 0.1) is 11.3 Å². The van der Waals surface area contributed by atoms with Gasteiger partial charge in [-0.3, -0.25) is 0 Å². The molecule has 0 spiro atoms. The van der Waals surface area contributed by atoms with E-state index in [1.807, 2.05) is 12.1 Å². The lowest BCUT2D eigenvalue weighted by molar-refractivity contribution is -0.192. The smallest absolute Gasteiger partial charge is 0.105 e. The normalized spacial score (nSPS) is 33.8. The van der Waals surface area contributed by atoms with E-state index in [1.165, 1.54) is 12.8 Å². The average Bonchev–Trinajstić information content (AvgIpc) is 2.87. The Morgan fingerprint density at radius 2 is 2.33 bits per heavy atom. The summed E-state index contributed by atoms with van der Waals surface area (Å²) in [4.78, 5) is 0. The van der Waals surface area contributed by atoms with E-state index < -0.39 is 0 Å². The number of hydrogen-bond acceptors (Lipinski definition) is 3. The van der Waals surface area contributed by atoms with Gasteiger partial charge >= 0.3 is 0 Å².